The highest BCUT2D eigenvalue weighted by Crippen LogP contribution is 2.26. The molecule has 0 radical (unpaired) electrons. The summed E-state index contributed by atoms with van der Waals surface area (Å²) in [6.45, 7) is 2.03. The average Bonchev–Trinajstić information content (AvgIpc) is 2.37. The third-order valence-corrected chi connectivity index (χ3v) is 3.64. The summed E-state index contributed by atoms with van der Waals surface area (Å²) in [4.78, 5) is 14.9. The van der Waals surface area contributed by atoms with Crippen LogP contribution in [0.4, 0.5) is 5.69 Å². The van der Waals surface area contributed by atoms with Crippen LogP contribution in [0.5, 0.6) is 0 Å². The van der Waals surface area contributed by atoms with Gasteiger partial charge in [0.1, 0.15) is 10.7 Å². The van der Waals surface area contributed by atoms with Gasteiger partial charge < -0.3 is 10.8 Å². The van der Waals surface area contributed by atoms with E-state index in [9.17, 15) is 4.79 Å². The van der Waals surface area contributed by atoms with Gasteiger partial charge in [0, 0.05) is 5.75 Å². The summed E-state index contributed by atoms with van der Waals surface area (Å²) < 4.78 is 0. The smallest absolute Gasteiger partial charge is 0.354 e. The Balaban J connectivity index is 2.15. The first-order valence-electron chi connectivity index (χ1n) is 5.74. The first-order valence-corrected chi connectivity index (χ1v) is 6.73. The van der Waals surface area contributed by atoms with Crippen LogP contribution in [0.2, 0.25) is 0 Å². The first-order chi connectivity index (χ1) is 9.06. The van der Waals surface area contributed by atoms with Crippen molar-refractivity contribution >= 4 is 23.4 Å². The lowest BCUT2D eigenvalue weighted by molar-refractivity contribution is 0.0690. The molecule has 98 valence electrons. The second-order valence-electron chi connectivity index (χ2n) is 4.17. The first kappa shape index (κ1) is 13.4. The molecule has 0 aliphatic rings. The van der Waals surface area contributed by atoms with E-state index in [2.05, 4.69) is 11.1 Å². The Bertz CT molecular complexity index is 614. The van der Waals surface area contributed by atoms with Gasteiger partial charge in [-0.15, -0.1) is 0 Å². The van der Waals surface area contributed by atoms with E-state index in [1.165, 1.54) is 23.4 Å². The second kappa shape index (κ2) is 5.75. The molecule has 0 unspecified atom stereocenters. The number of pyridine rings is 1. The topological polar surface area (TPSA) is 76.2 Å². The van der Waals surface area contributed by atoms with Crippen LogP contribution in [0.1, 0.15) is 21.6 Å². The van der Waals surface area contributed by atoms with E-state index < -0.39 is 5.97 Å². The fourth-order valence-corrected chi connectivity index (χ4v) is 2.52. The number of rotatable bonds is 4. The number of anilines is 1. The highest BCUT2D eigenvalue weighted by Gasteiger charge is 2.09. The van der Waals surface area contributed by atoms with Gasteiger partial charge in [-0.05, 0) is 24.6 Å². The van der Waals surface area contributed by atoms with E-state index in [0.717, 1.165) is 5.56 Å². The molecule has 19 heavy (non-hydrogen) atoms. The molecule has 0 saturated heterocycles. The van der Waals surface area contributed by atoms with Gasteiger partial charge in [-0.25, -0.2) is 9.78 Å². The number of carbonyl (C=O) groups is 1. The van der Waals surface area contributed by atoms with Crippen LogP contribution in [0.15, 0.2) is 41.4 Å². The van der Waals surface area contributed by atoms with Crippen molar-refractivity contribution in [3.8, 4) is 0 Å². The van der Waals surface area contributed by atoms with E-state index >= 15 is 0 Å². The highest BCUT2D eigenvalue weighted by molar-refractivity contribution is 7.98. The number of carboxylic acid groups (broad SMARTS) is 1. The van der Waals surface area contributed by atoms with Crippen LogP contribution < -0.4 is 5.73 Å². The molecule has 0 aliphatic carbocycles. The maximum Gasteiger partial charge on any atom is 0.354 e. The highest BCUT2D eigenvalue weighted by atomic mass is 32.2. The molecule has 1 aromatic heterocycles. The lowest BCUT2D eigenvalue weighted by atomic mass is 10.2. The van der Waals surface area contributed by atoms with E-state index in [4.69, 9.17) is 10.8 Å². The minimum atomic E-state index is -1.04. The zero-order chi connectivity index (χ0) is 13.8. The van der Waals surface area contributed by atoms with Crippen molar-refractivity contribution in [1.82, 2.24) is 4.98 Å². The minimum Gasteiger partial charge on any atom is -0.477 e. The lowest BCUT2D eigenvalue weighted by Crippen LogP contribution is -2.03. The van der Waals surface area contributed by atoms with E-state index in [1.807, 2.05) is 25.1 Å². The molecule has 3 N–H and O–H groups in total. The largest absolute Gasteiger partial charge is 0.477 e. The monoisotopic (exact) mass is 274 g/mol. The standard InChI is InChI=1S/C14H14N2O2S/c1-9-3-2-4-10(7-9)8-19-13-11(15)5-6-12(16-13)14(17)18/h2-7H,8,15H2,1H3,(H,17,18). The van der Waals surface area contributed by atoms with E-state index in [-0.39, 0.29) is 5.69 Å². The average molecular weight is 274 g/mol. The normalized spacial score (nSPS) is 10.4. The summed E-state index contributed by atoms with van der Waals surface area (Å²) >= 11 is 1.44. The van der Waals surface area contributed by atoms with Crippen LogP contribution in [0.3, 0.4) is 0 Å². The predicted molar refractivity (Wildman–Crippen MR) is 76.3 cm³/mol. The Labute approximate surface area is 115 Å². The third kappa shape index (κ3) is 3.48. The fourth-order valence-electron chi connectivity index (χ4n) is 1.64. The van der Waals surface area contributed by atoms with Crippen LogP contribution >= 0.6 is 11.8 Å². The van der Waals surface area contributed by atoms with Crippen molar-refractivity contribution < 1.29 is 9.90 Å². The number of aromatic carboxylic acids is 1. The Kier molecular flexibility index (Phi) is 4.06. The second-order valence-corrected chi connectivity index (χ2v) is 5.14. The molecular weight excluding hydrogens is 260 g/mol. The van der Waals surface area contributed by atoms with Crippen molar-refractivity contribution in [1.29, 1.82) is 0 Å². The van der Waals surface area contributed by atoms with Gasteiger partial charge in [0.2, 0.25) is 0 Å². The molecule has 0 aliphatic heterocycles. The molecular formula is C14H14N2O2S. The summed E-state index contributed by atoms with van der Waals surface area (Å²) in [5, 5.41) is 9.47. The van der Waals surface area contributed by atoms with Gasteiger partial charge in [-0.2, -0.15) is 0 Å². The van der Waals surface area contributed by atoms with Crippen LogP contribution in [0.25, 0.3) is 0 Å². The summed E-state index contributed by atoms with van der Waals surface area (Å²) in [6.07, 6.45) is 0. The zero-order valence-corrected chi connectivity index (χ0v) is 11.3. The maximum atomic E-state index is 10.9. The molecule has 1 heterocycles. The Morgan fingerprint density at radius 2 is 2.16 bits per heavy atom. The number of nitrogens with two attached hydrogens (primary N) is 1. The number of thioether (sulfide) groups is 1. The fraction of sp³-hybridized carbons (Fsp3) is 0.143. The number of aryl methyl sites for hydroxylation is 1. The van der Waals surface area contributed by atoms with Crippen molar-refractivity contribution in [2.75, 3.05) is 5.73 Å². The molecule has 0 saturated carbocycles. The van der Waals surface area contributed by atoms with Gasteiger partial charge in [-0.1, -0.05) is 41.6 Å². The Morgan fingerprint density at radius 3 is 2.84 bits per heavy atom. The number of nitrogen functional groups attached to an aromatic ring is 1. The molecule has 0 bridgehead atoms. The number of benzene rings is 1. The zero-order valence-electron chi connectivity index (χ0n) is 10.5. The molecule has 2 rings (SSSR count). The number of nitrogens with zero attached hydrogens (tertiary/aromatic N) is 1. The van der Waals surface area contributed by atoms with E-state index in [1.54, 1.807) is 6.07 Å². The number of aromatic nitrogens is 1. The van der Waals surface area contributed by atoms with Gasteiger partial charge in [0.25, 0.3) is 0 Å². The van der Waals surface area contributed by atoms with Crippen LogP contribution in [-0.2, 0) is 5.75 Å². The quantitative estimate of drug-likeness (QED) is 0.838. The Morgan fingerprint density at radius 1 is 1.37 bits per heavy atom. The van der Waals surface area contributed by atoms with Gasteiger partial charge >= 0.3 is 5.97 Å². The predicted octanol–water partition coefficient (Wildman–Crippen LogP) is 2.96. The molecule has 0 spiro atoms. The molecule has 0 atom stereocenters. The summed E-state index contributed by atoms with van der Waals surface area (Å²) in [5.41, 5.74) is 8.68. The molecule has 4 nitrogen and oxygen atoms in total. The minimum absolute atomic E-state index is 0.0148. The van der Waals surface area contributed by atoms with Gasteiger partial charge in [0.15, 0.2) is 0 Å². The molecule has 0 fully saturated rings. The van der Waals surface area contributed by atoms with Crippen LogP contribution in [-0.4, -0.2) is 16.1 Å². The number of carboxylic acids is 1. The van der Waals surface area contributed by atoms with Crippen LogP contribution in [0, 0.1) is 6.92 Å². The summed E-state index contributed by atoms with van der Waals surface area (Å²) in [7, 11) is 0. The molecule has 2 aromatic rings. The Hall–Kier alpha value is -2.01. The van der Waals surface area contributed by atoms with Crippen molar-refractivity contribution in [3.05, 3.63) is 53.2 Å². The van der Waals surface area contributed by atoms with E-state index in [0.29, 0.717) is 16.5 Å². The molecule has 1 aromatic carbocycles. The molecule has 0 amide bonds. The summed E-state index contributed by atoms with van der Waals surface area (Å²) in [5.74, 6) is -0.334. The van der Waals surface area contributed by atoms with Crippen molar-refractivity contribution in [2.45, 2.75) is 17.7 Å². The maximum absolute atomic E-state index is 10.9. The molecule has 5 heteroatoms. The van der Waals surface area contributed by atoms with Gasteiger partial charge in [-0.3, -0.25) is 0 Å². The summed E-state index contributed by atoms with van der Waals surface area (Å²) in [6, 6.07) is 11.1. The SMILES string of the molecule is Cc1cccc(CSc2nc(C(=O)O)ccc2N)c1. The van der Waals surface area contributed by atoms with Gasteiger partial charge in [0.05, 0.1) is 5.69 Å². The lowest BCUT2D eigenvalue weighted by Gasteiger charge is -2.06. The van der Waals surface area contributed by atoms with Crippen molar-refractivity contribution in [2.24, 2.45) is 0 Å². The number of hydrogen-bond acceptors (Lipinski definition) is 4. The van der Waals surface area contributed by atoms with Crippen molar-refractivity contribution in [3.63, 3.8) is 0 Å². The third-order valence-electron chi connectivity index (χ3n) is 2.57. The number of hydrogen-bond donors (Lipinski definition) is 2.